The molecule has 2 rings (SSSR count). The number of carbonyl (C=O) groups excluding carboxylic acids is 1. The highest BCUT2D eigenvalue weighted by molar-refractivity contribution is 7.99. The maximum Gasteiger partial charge on any atom is 0.230 e. The molecule has 0 spiro atoms. The zero-order valence-electron chi connectivity index (χ0n) is 14.3. The van der Waals surface area contributed by atoms with E-state index in [1.807, 2.05) is 25.1 Å². The number of halogens is 1. The summed E-state index contributed by atoms with van der Waals surface area (Å²) in [6.07, 6.45) is 2.05. The summed E-state index contributed by atoms with van der Waals surface area (Å²) >= 11 is 7.49. The standard InChI is InChI=1S/C17H24ClN3O2S/c1-4-5-12(2)19-16(22)11-24-17-20-14-10-13(18)6-7-15(14)21(17)8-9-23-3/h6-7,10,12H,4-5,8-9,11H2,1-3H3,(H,19,22). The number of fused-ring (bicyclic) bond motifs is 1. The fourth-order valence-electron chi connectivity index (χ4n) is 2.54. The van der Waals surface area contributed by atoms with Gasteiger partial charge >= 0.3 is 0 Å². The second kappa shape index (κ2) is 9.30. The third-order valence-corrected chi connectivity index (χ3v) is 4.87. The first-order valence-electron chi connectivity index (χ1n) is 8.12. The van der Waals surface area contributed by atoms with E-state index in [1.54, 1.807) is 7.11 Å². The first-order chi connectivity index (χ1) is 11.5. The van der Waals surface area contributed by atoms with Crippen LogP contribution in [0.5, 0.6) is 0 Å². The van der Waals surface area contributed by atoms with E-state index in [4.69, 9.17) is 16.3 Å². The minimum absolute atomic E-state index is 0.0318. The molecule has 24 heavy (non-hydrogen) atoms. The fraction of sp³-hybridized carbons (Fsp3) is 0.529. The van der Waals surface area contributed by atoms with Crippen molar-refractivity contribution in [3.8, 4) is 0 Å². The number of ether oxygens (including phenoxy) is 1. The van der Waals surface area contributed by atoms with Crippen molar-refractivity contribution in [1.29, 1.82) is 0 Å². The lowest BCUT2D eigenvalue weighted by Crippen LogP contribution is -2.33. The lowest BCUT2D eigenvalue weighted by molar-refractivity contribution is -0.119. The second-order valence-electron chi connectivity index (χ2n) is 5.72. The first-order valence-corrected chi connectivity index (χ1v) is 9.48. The lowest BCUT2D eigenvalue weighted by Gasteiger charge is -2.12. The average Bonchev–Trinajstić information content (AvgIpc) is 2.87. The number of hydrogen-bond donors (Lipinski definition) is 1. The van der Waals surface area contributed by atoms with Gasteiger partial charge in [0.15, 0.2) is 5.16 Å². The number of thioether (sulfide) groups is 1. The Hall–Kier alpha value is -1.24. The Morgan fingerprint density at radius 3 is 3.00 bits per heavy atom. The van der Waals surface area contributed by atoms with Crippen LogP contribution in [0, 0.1) is 0 Å². The van der Waals surface area contributed by atoms with Gasteiger partial charge in [0.25, 0.3) is 0 Å². The fourth-order valence-corrected chi connectivity index (χ4v) is 3.56. The van der Waals surface area contributed by atoms with Gasteiger partial charge in [-0.15, -0.1) is 0 Å². The van der Waals surface area contributed by atoms with Crippen LogP contribution in [0.3, 0.4) is 0 Å². The van der Waals surface area contributed by atoms with Crippen molar-refractivity contribution in [2.75, 3.05) is 19.5 Å². The van der Waals surface area contributed by atoms with Crippen molar-refractivity contribution in [3.05, 3.63) is 23.2 Å². The quantitative estimate of drug-likeness (QED) is 0.684. The highest BCUT2D eigenvalue weighted by Crippen LogP contribution is 2.26. The number of amides is 1. The van der Waals surface area contributed by atoms with Crippen molar-refractivity contribution in [3.63, 3.8) is 0 Å². The molecule has 2 aromatic rings. The molecule has 5 nitrogen and oxygen atoms in total. The SMILES string of the molecule is CCCC(C)NC(=O)CSc1nc2cc(Cl)ccc2n1CCOC. The smallest absolute Gasteiger partial charge is 0.230 e. The summed E-state index contributed by atoms with van der Waals surface area (Å²) in [5.41, 5.74) is 1.83. The molecule has 0 aliphatic carbocycles. The number of methoxy groups -OCH3 is 1. The normalized spacial score (nSPS) is 12.5. The minimum atomic E-state index is 0.0318. The Bertz CT molecular complexity index is 690. The van der Waals surface area contributed by atoms with Crippen LogP contribution in [0.2, 0.25) is 5.02 Å². The molecule has 1 atom stereocenters. The summed E-state index contributed by atoms with van der Waals surface area (Å²) in [5.74, 6) is 0.377. The molecule has 1 aromatic carbocycles. The Kier molecular flexibility index (Phi) is 7.40. The van der Waals surface area contributed by atoms with Gasteiger partial charge in [-0.2, -0.15) is 0 Å². The third-order valence-electron chi connectivity index (χ3n) is 3.66. The van der Waals surface area contributed by atoms with E-state index >= 15 is 0 Å². The van der Waals surface area contributed by atoms with Gasteiger partial charge in [0, 0.05) is 24.7 Å². The first kappa shape index (κ1) is 19.1. The molecule has 1 amide bonds. The Balaban J connectivity index is 2.10. The number of nitrogens with one attached hydrogen (secondary N) is 1. The highest BCUT2D eigenvalue weighted by Gasteiger charge is 2.14. The summed E-state index contributed by atoms with van der Waals surface area (Å²) in [5, 5.41) is 4.48. The summed E-state index contributed by atoms with van der Waals surface area (Å²) in [6.45, 7) is 5.41. The Morgan fingerprint density at radius 2 is 2.29 bits per heavy atom. The van der Waals surface area contributed by atoms with E-state index in [-0.39, 0.29) is 11.9 Å². The molecular weight excluding hydrogens is 346 g/mol. The van der Waals surface area contributed by atoms with Crippen LogP contribution < -0.4 is 5.32 Å². The average molecular weight is 370 g/mol. The summed E-state index contributed by atoms with van der Waals surface area (Å²) in [7, 11) is 1.67. The van der Waals surface area contributed by atoms with Gasteiger partial charge in [-0.3, -0.25) is 4.79 Å². The molecule has 1 aromatic heterocycles. The van der Waals surface area contributed by atoms with Gasteiger partial charge in [-0.1, -0.05) is 36.7 Å². The van der Waals surface area contributed by atoms with Crippen LogP contribution in [0.15, 0.2) is 23.4 Å². The molecule has 0 aliphatic rings. The second-order valence-corrected chi connectivity index (χ2v) is 7.10. The van der Waals surface area contributed by atoms with Crippen molar-refractivity contribution in [2.24, 2.45) is 0 Å². The molecule has 7 heteroatoms. The van der Waals surface area contributed by atoms with Gasteiger partial charge in [0.1, 0.15) is 0 Å². The van der Waals surface area contributed by atoms with Crippen LogP contribution in [0.25, 0.3) is 11.0 Å². The predicted molar refractivity (Wildman–Crippen MR) is 99.9 cm³/mol. The topological polar surface area (TPSA) is 56.2 Å². The molecular formula is C17H24ClN3O2S. The minimum Gasteiger partial charge on any atom is -0.383 e. The number of aromatic nitrogens is 2. The van der Waals surface area contributed by atoms with E-state index in [9.17, 15) is 4.79 Å². The monoisotopic (exact) mass is 369 g/mol. The van der Waals surface area contributed by atoms with Crippen molar-refractivity contribution in [2.45, 2.75) is 44.4 Å². The molecule has 0 fully saturated rings. The van der Waals surface area contributed by atoms with E-state index in [2.05, 4.69) is 21.8 Å². The molecule has 0 saturated heterocycles. The Labute approximate surface area is 152 Å². The molecule has 0 saturated carbocycles. The number of hydrogen-bond acceptors (Lipinski definition) is 4. The predicted octanol–water partition coefficient (Wildman–Crippen LogP) is 3.73. The van der Waals surface area contributed by atoms with Crippen molar-refractivity contribution >= 4 is 40.3 Å². The molecule has 0 bridgehead atoms. The molecule has 1 unspecified atom stereocenters. The molecule has 132 valence electrons. The van der Waals surface area contributed by atoms with E-state index in [0.717, 1.165) is 29.0 Å². The third kappa shape index (κ3) is 5.13. The van der Waals surface area contributed by atoms with Crippen LogP contribution in [-0.2, 0) is 16.1 Å². The molecule has 0 radical (unpaired) electrons. The van der Waals surface area contributed by atoms with Crippen molar-refractivity contribution < 1.29 is 9.53 Å². The largest absolute Gasteiger partial charge is 0.383 e. The van der Waals surface area contributed by atoms with E-state index < -0.39 is 0 Å². The molecule has 1 N–H and O–H groups in total. The number of rotatable bonds is 9. The summed E-state index contributed by atoms with van der Waals surface area (Å²) < 4.78 is 7.26. The van der Waals surface area contributed by atoms with Crippen molar-refractivity contribution in [1.82, 2.24) is 14.9 Å². The number of nitrogens with zero attached hydrogens (tertiary/aromatic N) is 2. The lowest BCUT2D eigenvalue weighted by atomic mass is 10.2. The van der Waals surface area contributed by atoms with Gasteiger partial charge in [0.05, 0.1) is 23.4 Å². The van der Waals surface area contributed by atoms with Gasteiger partial charge in [0.2, 0.25) is 5.91 Å². The number of imidazole rings is 1. The van der Waals surface area contributed by atoms with Crippen LogP contribution in [0.1, 0.15) is 26.7 Å². The molecule has 1 heterocycles. The summed E-state index contributed by atoms with van der Waals surface area (Å²) in [4.78, 5) is 16.7. The van der Waals surface area contributed by atoms with E-state index in [0.29, 0.717) is 23.9 Å². The van der Waals surface area contributed by atoms with Crippen LogP contribution in [-0.4, -0.2) is 41.0 Å². The van der Waals surface area contributed by atoms with Crippen LogP contribution >= 0.6 is 23.4 Å². The number of benzene rings is 1. The highest BCUT2D eigenvalue weighted by atomic mass is 35.5. The van der Waals surface area contributed by atoms with Gasteiger partial charge in [-0.05, 0) is 31.5 Å². The van der Waals surface area contributed by atoms with Crippen LogP contribution in [0.4, 0.5) is 0 Å². The maximum atomic E-state index is 12.1. The molecule has 0 aliphatic heterocycles. The Morgan fingerprint density at radius 1 is 1.50 bits per heavy atom. The summed E-state index contributed by atoms with van der Waals surface area (Å²) in [6, 6.07) is 5.85. The van der Waals surface area contributed by atoms with E-state index in [1.165, 1.54) is 11.8 Å². The number of carbonyl (C=O) groups is 1. The maximum absolute atomic E-state index is 12.1. The van der Waals surface area contributed by atoms with Gasteiger partial charge < -0.3 is 14.6 Å². The zero-order chi connectivity index (χ0) is 17.5. The van der Waals surface area contributed by atoms with Gasteiger partial charge in [-0.25, -0.2) is 4.98 Å². The zero-order valence-corrected chi connectivity index (χ0v) is 15.9.